The van der Waals surface area contributed by atoms with Gasteiger partial charge in [0.15, 0.2) is 0 Å². The highest BCUT2D eigenvalue weighted by molar-refractivity contribution is 7.12. The maximum Gasteiger partial charge on any atom is 0.306 e. The zero-order valence-electron chi connectivity index (χ0n) is 12.5. The molecule has 0 radical (unpaired) electrons. The van der Waals surface area contributed by atoms with Crippen molar-refractivity contribution < 1.29 is 14.7 Å². The summed E-state index contributed by atoms with van der Waals surface area (Å²) in [6.07, 6.45) is 1.11. The van der Waals surface area contributed by atoms with Gasteiger partial charge in [-0.2, -0.15) is 0 Å². The molecule has 1 saturated heterocycles. The number of rotatable bonds is 5. The molecule has 1 fully saturated rings. The fraction of sp³-hybridized carbons (Fsp3) is 0.600. The maximum absolute atomic E-state index is 12.1. The van der Waals surface area contributed by atoms with Gasteiger partial charge in [-0.25, -0.2) is 0 Å². The molecule has 0 aromatic carbocycles. The second kappa shape index (κ2) is 7.04. The summed E-state index contributed by atoms with van der Waals surface area (Å²) in [5, 5.41) is 12.2. The predicted molar refractivity (Wildman–Crippen MR) is 82.4 cm³/mol. The highest BCUT2D eigenvalue weighted by Crippen LogP contribution is 2.22. The van der Waals surface area contributed by atoms with Crippen LogP contribution in [0, 0.1) is 12.8 Å². The van der Waals surface area contributed by atoms with E-state index in [2.05, 4.69) is 31.3 Å². The Morgan fingerprint density at radius 2 is 2.10 bits per heavy atom. The predicted octanol–water partition coefficient (Wildman–Crippen LogP) is 2.03. The molecule has 2 N–H and O–H groups in total. The van der Waals surface area contributed by atoms with Gasteiger partial charge >= 0.3 is 5.97 Å². The van der Waals surface area contributed by atoms with Crippen LogP contribution in [0.5, 0.6) is 0 Å². The summed E-state index contributed by atoms with van der Waals surface area (Å²) in [7, 11) is 0. The minimum Gasteiger partial charge on any atom is -0.481 e. The third-order valence-corrected chi connectivity index (χ3v) is 5.13. The van der Waals surface area contributed by atoms with Crippen LogP contribution < -0.4 is 5.32 Å². The van der Waals surface area contributed by atoms with Gasteiger partial charge in [-0.05, 0) is 38.8 Å². The van der Waals surface area contributed by atoms with E-state index in [0.29, 0.717) is 32.5 Å². The fourth-order valence-electron chi connectivity index (χ4n) is 2.51. The number of nitrogens with one attached hydrogen (secondary N) is 1. The maximum atomic E-state index is 12.1. The van der Waals surface area contributed by atoms with Gasteiger partial charge < -0.3 is 15.3 Å². The van der Waals surface area contributed by atoms with Crippen LogP contribution in [-0.4, -0.2) is 41.5 Å². The van der Waals surface area contributed by atoms with Crippen LogP contribution in [0.2, 0.25) is 0 Å². The number of aryl methyl sites for hydroxylation is 1. The first kappa shape index (κ1) is 16.0. The normalized spacial score (nSPS) is 17.7. The van der Waals surface area contributed by atoms with Crippen LogP contribution in [0.1, 0.15) is 35.6 Å². The van der Waals surface area contributed by atoms with Crippen LogP contribution in [0.4, 0.5) is 0 Å². The van der Waals surface area contributed by atoms with Crippen LogP contribution in [0.3, 0.4) is 0 Å². The van der Waals surface area contributed by atoms with Crippen molar-refractivity contribution in [3.63, 3.8) is 0 Å². The van der Waals surface area contributed by atoms with Gasteiger partial charge in [0.1, 0.15) is 0 Å². The molecule has 2 heterocycles. The number of thiophene rings is 1. The number of amides is 1. The zero-order chi connectivity index (χ0) is 15.4. The number of carbonyl (C=O) groups is 2. The van der Waals surface area contributed by atoms with Crippen LogP contribution in [0.15, 0.2) is 12.1 Å². The van der Waals surface area contributed by atoms with E-state index in [1.165, 1.54) is 9.75 Å². The number of nitrogens with zero attached hydrogens (tertiary/aromatic N) is 1. The van der Waals surface area contributed by atoms with E-state index >= 15 is 0 Å². The van der Waals surface area contributed by atoms with Gasteiger partial charge in [0.2, 0.25) is 5.91 Å². The summed E-state index contributed by atoms with van der Waals surface area (Å²) >= 11 is 1.73. The van der Waals surface area contributed by atoms with Crippen LogP contribution in [-0.2, 0) is 9.59 Å². The lowest BCUT2D eigenvalue weighted by atomic mass is 9.97. The molecule has 1 atom stereocenters. The number of carbonyl (C=O) groups excluding carboxylic acids is 1. The van der Waals surface area contributed by atoms with Crippen molar-refractivity contribution in [3.05, 3.63) is 21.9 Å². The summed E-state index contributed by atoms with van der Waals surface area (Å²) in [4.78, 5) is 27.3. The topological polar surface area (TPSA) is 69.6 Å². The molecule has 0 saturated carbocycles. The molecular weight excluding hydrogens is 288 g/mol. The van der Waals surface area contributed by atoms with E-state index in [0.717, 1.165) is 0 Å². The molecule has 1 amide bonds. The van der Waals surface area contributed by atoms with Gasteiger partial charge in [-0.3, -0.25) is 9.59 Å². The number of likely N-dealkylation sites (tertiary alicyclic amines) is 1. The Labute approximate surface area is 129 Å². The summed E-state index contributed by atoms with van der Waals surface area (Å²) in [6.45, 7) is 5.51. The van der Waals surface area contributed by atoms with E-state index in [1.807, 2.05) is 0 Å². The second-order valence-electron chi connectivity index (χ2n) is 5.54. The highest BCUT2D eigenvalue weighted by atomic mass is 32.1. The molecule has 1 aliphatic rings. The summed E-state index contributed by atoms with van der Waals surface area (Å²) in [5.41, 5.74) is 0. The Morgan fingerprint density at radius 3 is 2.62 bits per heavy atom. The quantitative estimate of drug-likeness (QED) is 0.873. The van der Waals surface area contributed by atoms with Crippen molar-refractivity contribution in [1.82, 2.24) is 10.2 Å². The number of carboxylic acids is 1. The molecule has 0 aliphatic carbocycles. The van der Waals surface area contributed by atoms with Crippen molar-refractivity contribution in [1.29, 1.82) is 0 Å². The van der Waals surface area contributed by atoms with Crippen molar-refractivity contribution in [2.45, 2.75) is 32.7 Å². The first-order chi connectivity index (χ1) is 9.97. The lowest BCUT2D eigenvalue weighted by Gasteiger charge is -2.30. The molecule has 1 aliphatic heterocycles. The molecule has 21 heavy (non-hydrogen) atoms. The SMILES string of the molecule is Cc1ccc(C(C)NCC(=O)N2CCC(C(=O)O)CC2)s1. The molecule has 116 valence electrons. The average molecular weight is 310 g/mol. The number of piperidine rings is 1. The summed E-state index contributed by atoms with van der Waals surface area (Å²) in [5.74, 6) is -0.990. The van der Waals surface area contributed by atoms with Crippen LogP contribution in [0.25, 0.3) is 0 Å². The Bertz CT molecular complexity index is 507. The first-order valence-corrected chi connectivity index (χ1v) is 8.09. The minimum absolute atomic E-state index is 0.0546. The van der Waals surface area contributed by atoms with Crippen molar-refractivity contribution >= 4 is 23.2 Å². The lowest BCUT2D eigenvalue weighted by molar-refractivity contribution is -0.145. The van der Waals surface area contributed by atoms with Crippen molar-refractivity contribution in [3.8, 4) is 0 Å². The molecule has 1 aromatic rings. The molecular formula is C15H22N2O3S. The Hall–Kier alpha value is -1.40. The second-order valence-corrected chi connectivity index (χ2v) is 6.86. The third-order valence-electron chi connectivity index (χ3n) is 3.94. The number of hydrogen-bond donors (Lipinski definition) is 2. The van der Waals surface area contributed by atoms with Gasteiger partial charge in [-0.15, -0.1) is 11.3 Å². The number of carboxylic acid groups (broad SMARTS) is 1. The average Bonchev–Trinajstić information content (AvgIpc) is 2.91. The standard InChI is InChI=1S/C15H22N2O3S/c1-10-3-4-13(21-10)11(2)16-9-14(18)17-7-5-12(6-8-17)15(19)20/h3-4,11-12,16H,5-9H2,1-2H3,(H,19,20). The minimum atomic E-state index is -0.748. The molecule has 0 bridgehead atoms. The molecule has 6 heteroatoms. The third kappa shape index (κ3) is 4.28. The lowest BCUT2D eigenvalue weighted by Crippen LogP contribution is -2.44. The first-order valence-electron chi connectivity index (χ1n) is 7.27. The molecule has 5 nitrogen and oxygen atoms in total. The molecule has 1 unspecified atom stereocenters. The summed E-state index contributed by atoms with van der Waals surface area (Å²) < 4.78 is 0. The Balaban J connectivity index is 1.76. The molecule has 1 aromatic heterocycles. The fourth-order valence-corrected chi connectivity index (χ4v) is 3.42. The van der Waals surface area contributed by atoms with E-state index < -0.39 is 5.97 Å². The summed E-state index contributed by atoms with van der Waals surface area (Å²) in [6, 6.07) is 4.32. The van der Waals surface area contributed by atoms with E-state index in [1.54, 1.807) is 16.2 Å². The highest BCUT2D eigenvalue weighted by Gasteiger charge is 2.26. The molecule has 2 rings (SSSR count). The van der Waals surface area contributed by atoms with E-state index in [9.17, 15) is 9.59 Å². The Morgan fingerprint density at radius 1 is 1.43 bits per heavy atom. The number of hydrogen-bond acceptors (Lipinski definition) is 4. The van der Waals surface area contributed by atoms with Gasteiger partial charge in [0, 0.05) is 28.9 Å². The van der Waals surface area contributed by atoms with E-state index in [4.69, 9.17) is 5.11 Å². The number of aliphatic carboxylic acids is 1. The smallest absolute Gasteiger partial charge is 0.306 e. The van der Waals surface area contributed by atoms with Gasteiger partial charge in [0.05, 0.1) is 12.5 Å². The largest absolute Gasteiger partial charge is 0.481 e. The van der Waals surface area contributed by atoms with Crippen molar-refractivity contribution in [2.75, 3.05) is 19.6 Å². The van der Waals surface area contributed by atoms with E-state index in [-0.39, 0.29) is 17.9 Å². The van der Waals surface area contributed by atoms with Gasteiger partial charge in [0.25, 0.3) is 0 Å². The van der Waals surface area contributed by atoms with Crippen LogP contribution >= 0.6 is 11.3 Å². The Kier molecular flexibility index (Phi) is 5.36. The monoisotopic (exact) mass is 310 g/mol. The molecule has 0 spiro atoms. The zero-order valence-corrected chi connectivity index (χ0v) is 13.3. The van der Waals surface area contributed by atoms with Gasteiger partial charge in [-0.1, -0.05) is 0 Å². The van der Waals surface area contributed by atoms with Crippen molar-refractivity contribution in [2.24, 2.45) is 5.92 Å².